The van der Waals surface area contributed by atoms with Crippen LogP contribution >= 0.6 is 0 Å². The van der Waals surface area contributed by atoms with Crippen LogP contribution in [0.25, 0.3) is 0 Å². The SMILES string of the molecule is C#CCN1CCC[C@H]1C(=O)NCc1cccc(OCC)c1. The van der Waals surface area contributed by atoms with E-state index in [0.717, 1.165) is 30.7 Å². The van der Waals surface area contributed by atoms with Crippen molar-refractivity contribution in [2.24, 2.45) is 0 Å². The fourth-order valence-electron chi connectivity index (χ4n) is 2.65. The molecule has 4 heteroatoms. The van der Waals surface area contributed by atoms with Crippen molar-refractivity contribution in [1.29, 1.82) is 0 Å². The first-order chi connectivity index (χ1) is 10.2. The zero-order valence-electron chi connectivity index (χ0n) is 12.5. The van der Waals surface area contributed by atoms with E-state index < -0.39 is 0 Å². The molecule has 0 spiro atoms. The molecular weight excluding hydrogens is 264 g/mol. The van der Waals surface area contributed by atoms with Crippen molar-refractivity contribution < 1.29 is 9.53 Å². The van der Waals surface area contributed by atoms with Crippen LogP contribution < -0.4 is 10.1 Å². The second-order valence-corrected chi connectivity index (χ2v) is 5.13. The molecule has 1 aromatic rings. The van der Waals surface area contributed by atoms with Crippen molar-refractivity contribution in [1.82, 2.24) is 10.2 Å². The number of carbonyl (C=O) groups is 1. The third-order valence-electron chi connectivity index (χ3n) is 3.64. The summed E-state index contributed by atoms with van der Waals surface area (Å²) in [7, 11) is 0. The Hall–Kier alpha value is -1.99. The standard InChI is InChI=1S/C17H22N2O2/c1-3-10-19-11-6-9-16(19)17(20)18-13-14-7-5-8-15(12-14)21-4-2/h1,5,7-8,12,16H,4,6,9-11,13H2,2H3,(H,18,20)/t16-/m0/s1. The molecule has 0 aromatic heterocycles. The predicted octanol–water partition coefficient (Wildman–Crippen LogP) is 1.80. The van der Waals surface area contributed by atoms with Gasteiger partial charge < -0.3 is 10.1 Å². The average molecular weight is 286 g/mol. The lowest BCUT2D eigenvalue weighted by Crippen LogP contribution is -2.43. The minimum Gasteiger partial charge on any atom is -0.494 e. The molecule has 1 aliphatic rings. The van der Waals surface area contributed by atoms with E-state index in [9.17, 15) is 4.79 Å². The number of rotatable bonds is 6. The number of benzene rings is 1. The summed E-state index contributed by atoms with van der Waals surface area (Å²) in [6.45, 7) is 4.55. The maximum absolute atomic E-state index is 12.3. The first kappa shape index (κ1) is 15.4. The third-order valence-corrected chi connectivity index (χ3v) is 3.64. The second kappa shape index (κ2) is 7.70. The molecule has 4 nitrogen and oxygen atoms in total. The Kier molecular flexibility index (Phi) is 5.65. The summed E-state index contributed by atoms with van der Waals surface area (Å²) < 4.78 is 5.46. The fraction of sp³-hybridized carbons (Fsp3) is 0.471. The van der Waals surface area contributed by atoms with Gasteiger partial charge in [-0.1, -0.05) is 18.1 Å². The number of amides is 1. The van der Waals surface area contributed by atoms with E-state index in [4.69, 9.17) is 11.2 Å². The van der Waals surface area contributed by atoms with Crippen molar-refractivity contribution in [2.45, 2.75) is 32.4 Å². The number of terminal acetylenes is 1. The molecule has 1 heterocycles. The van der Waals surface area contributed by atoms with Gasteiger partial charge in [-0.2, -0.15) is 0 Å². The zero-order valence-corrected chi connectivity index (χ0v) is 12.5. The van der Waals surface area contributed by atoms with Crippen molar-refractivity contribution in [3.63, 3.8) is 0 Å². The molecule has 21 heavy (non-hydrogen) atoms. The molecule has 0 saturated carbocycles. The molecule has 0 unspecified atom stereocenters. The average Bonchev–Trinajstić information content (AvgIpc) is 2.94. The first-order valence-electron chi connectivity index (χ1n) is 7.41. The maximum atomic E-state index is 12.3. The summed E-state index contributed by atoms with van der Waals surface area (Å²) in [6, 6.07) is 7.71. The van der Waals surface area contributed by atoms with Crippen LogP contribution in [0.4, 0.5) is 0 Å². The Morgan fingerprint density at radius 1 is 1.57 bits per heavy atom. The summed E-state index contributed by atoms with van der Waals surface area (Å²) in [5.41, 5.74) is 1.04. The minimum absolute atomic E-state index is 0.0598. The molecule has 1 N–H and O–H groups in total. The highest BCUT2D eigenvalue weighted by Crippen LogP contribution is 2.17. The Morgan fingerprint density at radius 2 is 2.43 bits per heavy atom. The largest absolute Gasteiger partial charge is 0.494 e. The molecule has 1 amide bonds. The van der Waals surface area contributed by atoms with Gasteiger partial charge in [0.05, 0.1) is 19.2 Å². The summed E-state index contributed by atoms with van der Waals surface area (Å²) in [4.78, 5) is 14.3. The molecule has 1 saturated heterocycles. The third kappa shape index (κ3) is 4.24. The smallest absolute Gasteiger partial charge is 0.237 e. The van der Waals surface area contributed by atoms with Crippen molar-refractivity contribution in [2.75, 3.05) is 19.7 Å². The lowest BCUT2D eigenvalue weighted by atomic mass is 10.2. The van der Waals surface area contributed by atoms with Gasteiger partial charge in [-0.15, -0.1) is 6.42 Å². The highest BCUT2D eigenvalue weighted by Gasteiger charge is 2.29. The summed E-state index contributed by atoms with van der Waals surface area (Å²) in [5, 5.41) is 2.99. The lowest BCUT2D eigenvalue weighted by molar-refractivity contribution is -0.125. The molecule has 1 aromatic carbocycles. The lowest BCUT2D eigenvalue weighted by Gasteiger charge is -2.21. The van der Waals surface area contributed by atoms with Gasteiger partial charge in [-0.25, -0.2) is 0 Å². The van der Waals surface area contributed by atoms with Crippen LogP contribution in [0.3, 0.4) is 0 Å². The molecular formula is C17H22N2O2. The Labute approximate surface area is 126 Å². The number of nitrogens with one attached hydrogen (secondary N) is 1. The molecule has 1 fully saturated rings. The highest BCUT2D eigenvalue weighted by atomic mass is 16.5. The second-order valence-electron chi connectivity index (χ2n) is 5.13. The van der Waals surface area contributed by atoms with Gasteiger partial charge in [0.1, 0.15) is 5.75 Å². The summed E-state index contributed by atoms with van der Waals surface area (Å²) in [6.07, 6.45) is 7.25. The van der Waals surface area contributed by atoms with Gasteiger partial charge in [0.2, 0.25) is 5.91 Å². The van der Waals surface area contributed by atoms with Crippen LogP contribution in [0.15, 0.2) is 24.3 Å². The molecule has 1 aliphatic heterocycles. The number of carbonyl (C=O) groups excluding carboxylic acids is 1. The number of hydrogen-bond acceptors (Lipinski definition) is 3. The van der Waals surface area contributed by atoms with E-state index >= 15 is 0 Å². The zero-order chi connectivity index (χ0) is 15.1. The predicted molar refractivity (Wildman–Crippen MR) is 82.9 cm³/mol. The summed E-state index contributed by atoms with van der Waals surface area (Å²) in [5.74, 6) is 3.51. The quantitative estimate of drug-likeness (QED) is 0.811. The fourth-order valence-corrected chi connectivity index (χ4v) is 2.65. The molecule has 0 radical (unpaired) electrons. The van der Waals surface area contributed by atoms with Crippen LogP contribution in [0.5, 0.6) is 5.75 Å². The van der Waals surface area contributed by atoms with Gasteiger partial charge in [0, 0.05) is 6.54 Å². The molecule has 2 rings (SSSR count). The Bertz CT molecular complexity index is 522. The highest BCUT2D eigenvalue weighted by molar-refractivity contribution is 5.82. The van der Waals surface area contributed by atoms with Crippen LogP contribution in [-0.2, 0) is 11.3 Å². The molecule has 112 valence electrons. The van der Waals surface area contributed by atoms with Crippen LogP contribution in [0, 0.1) is 12.3 Å². The van der Waals surface area contributed by atoms with E-state index in [0.29, 0.717) is 19.7 Å². The van der Waals surface area contributed by atoms with Gasteiger partial charge in [0.25, 0.3) is 0 Å². The molecule has 1 atom stereocenters. The van der Waals surface area contributed by atoms with Gasteiger partial charge in [-0.05, 0) is 44.0 Å². The van der Waals surface area contributed by atoms with Gasteiger partial charge in [0.15, 0.2) is 0 Å². The van der Waals surface area contributed by atoms with Crippen molar-refractivity contribution in [3.8, 4) is 18.1 Å². The van der Waals surface area contributed by atoms with Gasteiger partial charge >= 0.3 is 0 Å². The minimum atomic E-state index is -0.0869. The maximum Gasteiger partial charge on any atom is 0.237 e. The van der Waals surface area contributed by atoms with E-state index in [-0.39, 0.29) is 11.9 Å². The summed E-state index contributed by atoms with van der Waals surface area (Å²) >= 11 is 0. The molecule has 0 bridgehead atoms. The normalized spacial score (nSPS) is 18.2. The number of ether oxygens (including phenoxy) is 1. The Morgan fingerprint density at radius 3 is 3.19 bits per heavy atom. The topological polar surface area (TPSA) is 41.6 Å². The van der Waals surface area contributed by atoms with E-state index in [1.54, 1.807) is 0 Å². The number of nitrogens with zero attached hydrogens (tertiary/aromatic N) is 1. The van der Waals surface area contributed by atoms with Crippen molar-refractivity contribution >= 4 is 5.91 Å². The van der Waals surface area contributed by atoms with Gasteiger partial charge in [-0.3, -0.25) is 9.69 Å². The monoisotopic (exact) mass is 286 g/mol. The van der Waals surface area contributed by atoms with Crippen LogP contribution in [0.2, 0.25) is 0 Å². The van der Waals surface area contributed by atoms with Crippen LogP contribution in [-0.4, -0.2) is 36.5 Å². The Balaban J connectivity index is 1.89. The van der Waals surface area contributed by atoms with E-state index in [1.807, 2.05) is 31.2 Å². The first-order valence-corrected chi connectivity index (χ1v) is 7.41. The number of likely N-dealkylation sites (tertiary alicyclic amines) is 1. The van der Waals surface area contributed by atoms with Crippen LogP contribution in [0.1, 0.15) is 25.3 Å². The van der Waals surface area contributed by atoms with E-state index in [1.165, 1.54) is 0 Å². The van der Waals surface area contributed by atoms with Crippen molar-refractivity contribution in [3.05, 3.63) is 29.8 Å². The molecule has 0 aliphatic carbocycles. The number of hydrogen-bond donors (Lipinski definition) is 1. The van der Waals surface area contributed by atoms with E-state index in [2.05, 4.69) is 16.1 Å².